The van der Waals surface area contributed by atoms with Crippen molar-refractivity contribution >= 4 is 5.82 Å². The molecule has 0 radical (unpaired) electrons. The van der Waals surface area contributed by atoms with E-state index in [1.807, 2.05) is 0 Å². The van der Waals surface area contributed by atoms with E-state index in [1.165, 1.54) is 6.07 Å². The van der Waals surface area contributed by atoms with Crippen LogP contribution in [0.1, 0.15) is 0 Å². The number of aromatic nitrogens is 5. The van der Waals surface area contributed by atoms with Crippen LogP contribution < -0.4 is 15.2 Å². The van der Waals surface area contributed by atoms with E-state index in [2.05, 4.69) is 20.5 Å². The molecule has 0 aliphatic carbocycles. The first kappa shape index (κ1) is 16.2. The van der Waals surface area contributed by atoms with Gasteiger partial charge in [0.05, 0.1) is 0 Å². The van der Waals surface area contributed by atoms with Gasteiger partial charge in [-0.05, 0) is 30.3 Å². The Hall–Kier alpha value is -4.02. The largest absolute Gasteiger partial charge is 0.454 e. The molecule has 0 atom stereocenters. The molecule has 1 aliphatic rings. The number of nitrogens with two attached hydrogens (primary N) is 1. The highest BCUT2D eigenvalue weighted by Crippen LogP contribution is 2.35. The van der Waals surface area contributed by atoms with E-state index in [1.54, 1.807) is 18.2 Å². The maximum absolute atomic E-state index is 14.0. The Morgan fingerprint density at radius 3 is 2.75 bits per heavy atom. The van der Waals surface area contributed by atoms with E-state index in [-0.39, 0.29) is 35.7 Å². The summed E-state index contributed by atoms with van der Waals surface area (Å²) < 4.78 is 44.0. The molecule has 0 bridgehead atoms. The molecule has 2 aromatic heterocycles. The van der Waals surface area contributed by atoms with Crippen LogP contribution >= 0.6 is 0 Å². The lowest BCUT2D eigenvalue weighted by molar-refractivity contribution is 0.174. The van der Waals surface area contributed by atoms with Gasteiger partial charge in [0.15, 0.2) is 28.8 Å². The van der Waals surface area contributed by atoms with Gasteiger partial charge in [0.1, 0.15) is 11.5 Å². The van der Waals surface area contributed by atoms with E-state index >= 15 is 0 Å². The van der Waals surface area contributed by atoms with Crippen molar-refractivity contribution < 1.29 is 22.8 Å². The van der Waals surface area contributed by atoms with Gasteiger partial charge in [-0.3, -0.25) is 0 Å². The van der Waals surface area contributed by atoms with Crippen molar-refractivity contribution in [3.63, 3.8) is 0 Å². The first-order valence-corrected chi connectivity index (χ1v) is 8.01. The Labute approximate surface area is 155 Å². The summed E-state index contributed by atoms with van der Waals surface area (Å²) in [7, 11) is 0. The van der Waals surface area contributed by atoms with Crippen LogP contribution in [0.15, 0.2) is 40.9 Å². The molecule has 0 fully saturated rings. The highest BCUT2D eigenvalue weighted by molar-refractivity contribution is 5.67. The number of hydrogen-bond donors (Lipinski definition) is 1. The second-order valence-corrected chi connectivity index (χ2v) is 5.82. The van der Waals surface area contributed by atoms with Crippen molar-refractivity contribution in [1.82, 2.24) is 25.1 Å². The highest BCUT2D eigenvalue weighted by Gasteiger charge is 2.22. The number of benzene rings is 2. The molecule has 0 saturated carbocycles. The van der Waals surface area contributed by atoms with Crippen molar-refractivity contribution in [2.45, 2.75) is 0 Å². The Balaban J connectivity index is 1.50. The molecular weight excluding hydrogens is 374 g/mol. The predicted molar refractivity (Wildman–Crippen MR) is 90.5 cm³/mol. The second-order valence-electron chi connectivity index (χ2n) is 5.82. The Morgan fingerprint density at radius 2 is 1.89 bits per heavy atom. The third-order valence-corrected chi connectivity index (χ3v) is 4.10. The summed E-state index contributed by atoms with van der Waals surface area (Å²) in [6.07, 6.45) is 0. The Kier molecular flexibility index (Phi) is 3.47. The van der Waals surface area contributed by atoms with Crippen molar-refractivity contribution in [3.8, 4) is 40.2 Å². The van der Waals surface area contributed by atoms with Crippen LogP contribution in [-0.4, -0.2) is 31.9 Å². The monoisotopic (exact) mass is 384 g/mol. The third-order valence-electron chi connectivity index (χ3n) is 4.10. The molecule has 0 saturated heterocycles. The minimum absolute atomic E-state index is 0.000985. The average Bonchev–Trinajstić information content (AvgIpc) is 3.40. The molecule has 2 aromatic carbocycles. The molecular formula is C17H10F2N6O3. The van der Waals surface area contributed by atoms with Gasteiger partial charge in [-0.15, -0.1) is 5.10 Å². The number of fused-ring (bicyclic) bond motifs is 1. The van der Waals surface area contributed by atoms with E-state index in [4.69, 9.17) is 19.7 Å². The van der Waals surface area contributed by atoms with Crippen molar-refractivity contribution in [2.75, 3.05) is 12.5 Å². The number of nitrogen functional groups attached to an aromatic ring is 1. The lowest BCUT2D eigenvalue weighted by Crippen LogP contribution is -2.05. The van der Waals surface area contributed by atoms with Crippen LogP contribution in [0.4, 0.5) is 14.6 Å². The van der Waals surface area contributed by atoms with Gasteiger partial charge >= 0.3 is 0 Å². The number of halogens is 2. The normalized spacial score (nSPS) is 12.5. The predicted octanol–water partition coefficient (Wildman–Crippen LogP) is 2.57. The van der Waals surface area contributed by atoms with Crippen LogP contribution in [0.5, 0.6) is 11.5 Å². The molecule has 5 rings (SSSR count). The molecule has 1 aliphatic heterocycles. The Bertz CT molecular complexity index is 1210. The molecule has 9 nitrogen and oxygen atoms in total. The second kappa shape index (κ2) is 6.01. The van der Waals surface area contributed by atoms with Gasteiger partial charge in [0.25, 0.3) is 5.89 Å². The van der Waals surface area contributed by atoms with Crippen molar-refractivity contribution in [2.24, 2.45) is 0 Å². The molecule has 3 heterocycles. The number of ether oxygens (including phenoxy) is 2. The van der Waals surface area contributed by atoms with Gasteiger partial charge in [0.2, 0.25) is 12.6 Å². The number of hydrogen-bond acceptors (Lipinski definition) is 8. The summed E-state index contributed by atoms with van der Waals surface area (Å²) in [4.78, 5) is 4.26. The lowest BCUT2D eigenvalue weighted by atomic mass is 10.2. The summed E-state index contributed by atoms with van der Waals surface area (Å²) in [5.74, 6) is -0.122. The highest BCUT2D eigenvalue weighted by atomic mass is 19.1. The summed E-state index contributed by atoms with van der Waals surface area (Å²) in [6, 6.07) is 8.20. The van der Waals surface area contributed by atoms with E-state index < -0.39 is 11.6 Å². The number of rotatable bonds is 3. The summed E-state index contributed by atoms with van der Waals surface area (Å²) in [5, 5.41) is 11.6. The van der Waals surface area contributed by atoms with Crippen LogP contribution in [0.3, 0.4) is 0 Å². The van der Waals surface area contributed by atoms with Crippen LogP contribution in [0.2, 0.25) is 0 Å². The van der Waals surface area contributed by atoms with Crippen LogP contribution in [-0.2, 0) is 0 Å². The zero-order chi connectivity index (χ0) is 19.3. The van der Waals surface area contributed by atoms with Gasteiger partial charge in [-0.25, -0.2) is 8.78 Å². The summed E-state index contributed by atoms with van der Waals surface area (Å²) >= 11 is 0. The summed E-state index contributed by atoms with van der Waals surface area (Å²) in [5.41, 5.74) is 6.65. The van der Waals surface area contributed by atoms with Crippen molar-refractivity contribution in [3.05, 3.63) is 48.0 Å². The zero-order valence-electron chi connectivity index (χ0n) is 14.0. The zero-order valence-corrected chi connectivity index (χ0v) is 14.0. The molecule has 0 amide bonds. The van der Waals surface area contributed by atoms with Crippen molar-refractivity contribution in [1.29, 1.82) is 0 Å². The maximum Gasteiger partial charge on any atom is 0.282 e. The minimum Gasteiger partial charge on any atom is -0.454 e. The molecule has 28 heavy (non-hydrogen) atoms. The quantitative estimate of drug-likeness (QED) is 0.573. The maximum atomic E-state index is 14.0. The topological polar surface area (TPSA) is 114 Å². The summed E-state index contributed by atoms with van der Waals surface area (Å²) in [6.45, 7) is 0.149. The molecule has 11 heteroatoms. The van der Waals surface area contributed by atoms with Gasteiger partial charge in [-0.2, -0.15) is 9.67 Å². The van der Waals surface area contributed by atoms with E-state index in [0.29, 0.717) is 17.1 Å². The fourth-order valence-electron chi connectivity index (χ4n) is 2.75. The standard InChI is InChI=1S/C17H10F2N6O3/c18-9-2-3-11(10(19)6-9)25-15(20)14(22-24-25)17-21-16(23-28-17)8-1-4-12-13(5-8)27-7-26-12/h1-6H,7,20H2. The van der Waals surface area contributed by atoms with Crippen LogP contribution in [0.25, 0.3) is 28.7 Å². The fourth-order valence-corrected chi connectivity index (χ4v) is 2.75. The van der Waals surface area contributed by atoms with Crippen LogP contribution in [0, 0.1) is 11.6 Å². The molecule has 0 unspecified atom stereocenters. The molecule has 0 spiro atoms. The third kappa shape index (κ3) is 2.52. The molecule has 4 aromatic rings. The fraction of sp³-hybridized carbons (Fsp3) is 0.0588. The minimum atomic E-state index is -0.838. The van der Waals surface area contributed by atoms with E-state index in [9.17, 15) is 8.78 Å². The van der Waals surface area contributed by atoms with E-state index in [0.717, 1.165) is 16.8 Å². The van der Waals surface area contributed by atoms with Gasteiger partial charge in [0, 0.05) is 11.6 Å². The first-order chi connectivity index (χ1) is 13.6. The molecule has 2 N–H and O–H groups in total. The Morgan fingerprint density at radius 1 is 1.04 bits per heavy atom. The first-order valence-electron chi connectivity index (χ1n) is 8.01. The number of nitrogens with zero attached hydrogens (tertiary/aromatic N) is 5. The SMILES string of the molecule is Nc1c(-c2nc(-c3ccc4c(c3)OCO4)no2)nnn1-c1ccc(F)cc1F. The van der Waals surface area contributed by atoms with Gasteiger partial charge in [-0.1, -0.05) is 10.4 Å². The average molecular weight is 384 g/mol. The molecule has 140 valence electrons. The number of anilines is 1. The van der Waals surface area contributed by atoms with Gasteiger partial charge < -0.3 is 19.7 Å². The lowest BCUT2D eigenvalue weighted by Gasteiger charge is -2.04. The smallest absolute Gasteiger partial charge is 0.282 e.